The molecule has 1 aliphatic heterocycles. The molecular weight excluding hydrogens is 384 g/mol. The van der Waals surface area contributed by atoms with Gasteiger partial charge < -0.3 is 15.0 Å². The molecule has 0 spiro atoms. The molecule has 0 radical (unpaired) electrons. The number of likely N-dealkylation sites (tertiary alicyclic amines) is 1. The van der Waals surface area contributed by atoms with E-state index < -0.39 is 5.60 Å². The Morgan fingerprint density at radius 2 is 1.85 bits per heavy atom. The molecule has 7 heteroatoms. The quantitative estimate of drug-likeness (QED) is 0.706. The first kappa shape index (κ1) is 21.9. The van der Waals surface area contributed by atoms with Gasteiger partial charge in [0.1, 0.15) is 5.60 Å². The first-order valence-corrected chi connectivity index (χ1v) is 10.9. The summed E-state index contributed by atoms with van der Waals surface area (Å²) in [5.74, 6) is 1.84. The van der Waals surface area contributed by atoms with Gasteiger partial charge in [0.15, 0.2) is 0 Å². The van der Waals surface area contributed by atoms with Crippen molar-refractivity contribution < 1.29 is 14.3 Å². The Hall–Kier alpha value is -1.40. The molecular formula is C20H29ClN2O3S. The Kier molecular flexibility index (Phi) is 8.29. The standard InChI is InChI=1S/C20H29ClN2O3S/c1-20(2,3)26-19(25)23-11-8-16(9-12-23)18(24)22-10-13-27-14-15-4-6-17(21)7-5-15/h4-7,16H,8-14H2,1-3H3,(H,22,24). The molecule has 1 aromatic carbocycles. The average Bonchev–Trinajstić information content (AvgIpc) is 2.61. The zero-order valence-electron chi connectivity index (χ0n) is 16.3. The van der Waals surface area contributed by atoms with Gasteiger partial charge in [-0.3, -0.25) is 4.79 Å². The maximum atomic E-state index is 12.3. The Morgan fingerprint density at radius 3 is 2.44 bits per heavy atom. The fraction of sp³-hybridized carbons (Fsp3) is 0.600. The first-order valence-electron chi connectivity index (χ1n) is 9.32. The molecule has 0 saturated carbocycles. The summed E-state index contributed by atoms with van der Waals surface area (Å²) in [6, 6.07) is 7.82. The maximum absolute atomic E-state index is 12.3. The van der Waals surface area contributed by atoms with E-state index in [0.29, 0.717) is 32.5 Å². The lowest BCUT2D eigenvalue weighted by Gasteiger charge is -2.32. The Bertz CT molecular complexity index is 623. The number of carbonyl (C=O) groups excluding carboxylic acids is 2. The summed E-state index contributed by atoms with van der Waals surface area (Å²) >= 11 is 7.66. The second-order valence-corrected chi connectivity index (χ2v) is 9.25. The van der Waals surface area contributed by atoms with Crippen LogP contribution in [0, 0.1) is 5.92 Å². The van der Waals surface area contributed by atoms with Gasteiger partial charge in [0.25, 0.3) is 0 Å². The third-order valence-corrected chi connectivity index (χ3v) is 5.53. The number of halogens is 1. The number of carbonyl (C=O) groups is 2. The van der Waals surface area contributed by atoms with E-state index in [1.54, 1.807) is 16.7 Å². The second kappa shape index (κ2) is 10.2. The van der Waals surface area contributed by atoms with E-state index in [1.807, 2.05) is 45.0 Å². The van der Waals surface area contributed by atoms with Gasteiger partial charge in [-0.15, -0.1) is 0 Å². The van der Waals surface area contributed by atoms with E-state index in [2.05, 4.69) is 5.32 Å². The molecule has 0 aliphatic carbocycles. The van der Waals surface area contributed by atoms with E-state index >= 15 is 0 Å². The molecule has 0 unspecified atom stereocenters. The fourth-order valence-electron chi connectivity index (χ4n) is 2.81. The molecule has 1 saturated heterocycles. The summed E-state index contributed by atoms with van der Waals surface area (Å²) < 4.78 is 5.38. The summed E-state index contributed by atoms with van der Waals surface area (Å²) in [5, 5.41) is 3.76. The minimum absolute atomic E-state index is 0.0232. The number of hydrogen-bond donors (Lipinski definition) is 1. The van der Waals surface area contributed by atoms with Crippen LogP contribution in [0.15, 0.2) is 24.3 Å². The molecule has 1 N–H and O–H groups in total. The highest BCUT2D eigenvalue weighted by Crippen LogP contribution is 2.20. The molecule has 27 heavy (non-hydrogen) atoms. The van der Waals surface area contributed by atoms with Gasteiger partial charge >= 0.3 is 6.09 Å². The number of hydrogen-bond acceptors (Lipinski definition) is 4. The van der Waals surface area contributed by atoms with Crippen molar-refractivity contribution in [2.75, 3.05) is 25.4 Å². The van der Waals surface area contributed by atoms with E-state index in [0.717, 1.165) is 16.5 Å². The number of nitrogens with zero attached hydrogens (tertiary/aromatic N) is 1. The molecule has 0 atom stereocenters. The number of amides is 2. The summed E-state index contributed by atoms with van der Waals surface area (Å²) in [7, 11) is 0. The largest absolute Gasteiger partial charge is 0.444 e. The van der Waals surface area contributed by atoms with Crippen molar-refractivity contribution in [3.05, 3.63) is 34.9 Å². The molecule has 1 fully saturated rings. The van der Waals surface area contributed by atoms with E-state index in [9.17, 15) is 9.59 Å². The lowest BCUT2D eigenvalue weighted by atomic mass is 9.96. The molecule has 2 rings (SSSR count). The molecule has 1 aromatic rings. The lowest BCUT2D eigenvalue weighted by Crippen LogP contribution is -2.45. The van der Waals surface area contributed by atoms with Crippen molar-refractivity contribution >= 4 is 35.4 Å². The summed E-state index contributed by atoms with van der Waals surface area (Å²) in [6.45, 7) is 7.36. The van der Waals surface area contributed by atoms with Crippen LogP contribution < -0.4 is 5.32 Å². The summed E-state index contributed by atoms with van der Waals surface area (Å²) in [5.41, 5.74) is 0.736. The highest BCUT2D eigenvalue weighted by Gasteiger charge is 2.29. The highest BCUT2D eigenvalue weighted by molar-refractivity contribution is 7.98. The molecule has 0 aromatic heterocycles. The van der Waals surface area contributed by atoms with Gasteiger partial charge in [0.05, 0.1) is 0 Å². The number of ether oxygens (including phenoxy) is 1. The Morgan fingerprint density at radius 1 is 1.22 bits per heavy atom. The van der Waals surface area contributed by atoms with Crippen LogP contribution in [0.2, 0.25) is 5.02 Å². The summed E-state index contributed by atoms with van der Waals surface area (Å²) in [6.07, 6.45) is 1.08. The van der Waals surface area contributed by atoms with Crippen molar-refractivity contribution in [1.29, 1.82) is 0 Å². The number of piperidine rings is 1. The first-order chi connectivity index (χ1) is 12.7. The monoisotopic (exact) mass is 412 g/mol. The van der Waals surface area contributed by atoms with Crippen LogP contribution in [0.5, 0.6) is 0 Å². The molecule has 150 valence electrons. The third-order valence-electron chi connectivity index (χ3n) is 4.25. The van der Waals surface area contributed by atoms with Crippen LogP contribution in [0.4, 0.5) is 4.79 Å². The maximum Gasteiger partial charge on any atom is 0.410 e. The highest BCUT2D eigenvalue weighted by atomic mass is 35.5. The molecule has 1 aliphatic rings. The lowest BCUT2D eigenvalue weighted by molar-refractivity contribution is -0.126. The van der Waals surface area contributed by atoms with E-state index in [4.69, 9.17) is 16.3 Å². The number of nitrogens with one attached hydrogen (secondary N) is 1. The predicted octanol–water partition coefficient (Wildman–Crippen LogP) is 4.34. The van der Waals surface area contributed by atoms with Gasteiger partial charge in [-0.1, -0.05) is 23.7 Å². The van der Waals surface area contributed by atoms with Crippen LogP contribution in [0.1, 0.15) is 39.2 Å². The van der Waals surface area contributed by atoms with Crippen molar-refractivity contribution in [1.82, 2.24) is 10.2 Å². The summed E-state index contributed by atoms with van der Waals surface area (Å²) in [4.78, 5) is 26.1. The van der Waals surface area contributed by atoms with Crippen LogP contribution >= 0.6 is 23.4 Å². The number of thioether (sulfide) groups is 1. The van der Waals surface area contributed by atoms with Gasteiger partial charge in [-0.2, -0.15) is 11.8 Å². The van der Waals surface area contributed by atoms with Crippen molar-refractivity contribution in [2.45, 2.75) is 45.0 Å². The molecule has 2 amide bonds. The van der Waals surface area contributed by atoms with Crippen LogP contribution in [-0.2, 0) is 15.3 Å². The number of rotatable bonds is 6. The zero-order valence-corrected chi connectivity index (χ0v) is 17.9. The van der Waals surface area contributed by atoms with Gasteiger partial charge in [0.2, 0.25) is 5.91 Å². The van der Waals surface area contributed by atoms with E-state index in [1.165, 1.54) is 5.56 Å². The molecule has 1 heterocycles. The van der Waals surface area contributed by atoms with Gasteiger partial charge in [-0.25, -0.2) is 4.79 Å². The number of benzene rings is 1. The normalized spacial score (nSPS) is 15.5. The predicted molar refractivity (Wildman–Crippen MR) is 111 cm³/mol. The average molecular weight is 413 g/mol. The van der Waals surface area contributed by atoms with E-state index in [-0.39, 0.29) is 17.9 Å². The van der Waals surface area contributed by atoms with Crippen molar-refractivity contribution in [3.8, 4) is 0 Å². The van der Waals surface area contributed by atoms with Gasteiger partial charge in [0, 0.05) is 42.1 Å². The van der Waals surface area contributed by atoms with Crippen LogP contribution in [0.3, 0.4) is 0 Å². The second-order valence-electron chi connectivity index (χ2n) is 7.71. The Balaban J connectivity index is 1.60. The van der Waals surface area contributed by atoms with Crippen LogP contribution in [0.25, 0.3) is 0 Å². The van der Waals surface area contributed by atoms with Gasteiger partial charge in [-0.05, 0) is 51.3 Å². The third kappa shape index (κ3) is 8.01. The SMILES string of the molecule is CC(C)(C)OC(=O)N1CCC(C(=O)NCCSCc2ccc(Cl)cc2)CC1. The zero-order chi connectivity index (χ0) is 19.9. The van der Waals surface area contributed by atoms with Crippen molar-refractivity contribution in [2.24, 2.45) is 5.92 Å². The Labute approximate surface area is 171 Å². The topological polar surface area (TPSA) is 58.6 Å². The fourth-order valence-corrected chi connectivity index (χ4v) is 3.76. The molecule has 0 bridgehead atoms. The smallest absolute Gasteiger partial charge is 0.410 e. The van der Waals surface area contributed by atoms with Crippen molar-refractivity contribution in [3.63, 3.8) is 0 Å². The molecule has 5 nitrogen and oxygen atoms in total. The minimum Gasteiger partial charge on any atom is -0.444 e. The minimum atomic E-state index is -0.491. The van der Waals surface area contributed by atoms with Crippen LogP contribution in [-0.4, -0.2) is 47.9 Å².